The summed E-state index contributed by atoms with van der Waals surface area (Å²) in [5, 5.41) is 11.4. The molecule has 1 aromatic heterocycles. The van der Waals surface area contributed by atoms with E-state index in [1.807, 2.05) is 13.0 Å². The quantitative estimate of drug-likeness (QED) is 0.896. The molecule has 1 amide bonds. The second kappa shape index (κ2) is 5.19. The van der Waals surface area contributed by atoms with Crippen LogP contribution in [0, 0.1) is 11.3 Å². The maximum atomic E-state index is 11.8. The van der Waals surface area contributed by atoms with Crippen LogP contribution in [0.5, 0.6) is 0 Å². The molecule has 0 radical (unpaired) electrons. The number of hydrogen-bond acceptors (Lipinski definition) is 3. The molecule has 2 aromatic rings. The van der Waals surface area contributed by atoms with Crippen LogP contribution in [0.25, 0.3) is 0 Å². The van der Waals surface area contributed by atoms with Gasteiger partial charge in [0.05, 0.1) is 11.6 Å². The number of nitriles is 1. The summed E-state index contributed by atoms with van der Waals surface area (Å²) >= 11 is 0. The molecule has 1 N–H and O–H groups in total. The molecule has 4 heteroatoms. The van der Waals surface area contributed by atoms with E-state index in [1.54, 1.807) is 36.4 Å². The molecule has 1 heterocycles. The van der Waals surface area contributed by atoms with E-state index in [0.29, 0.717) is 11.3 Å². The Morgan fingerprint density at radius 2 is 2.00 bits per heavy atom. The highest BCUT2D eigenvalue weighted by molar-refractivity contribution is 6.02. The molecule has 0 saturated carbocycles. The second-order valence-corrected chi connectivity index (χ2v) is 3.76. The van der Waals surface area contributed by atoms with Gasteiger partial charge in [-0.1, -0.05) is 6.92 Å². The van der Waals surface area contributed by atoms with Gasteiger partial charge in [0.15, 0.2) is 5.76 Å². The second-order valence-electron chi connectivity index (χ2n) is 3.76. The van der Waals surface area contributed by atoms with Gasteiger partial charge < -0.3 is 9.73 Å². The van der Waals surface area contributed by atoms with Gasteiger partial charge in [-0.05, 0) is 36.4 Å². The molecule has 18 heavy (non-hydrogen) atoms. The van der Waals surface area contributed by atoms with Crippen LogP contribution in [0.4, 0.5) is 5.69 Å². The highest BCUT2D eigenvalue weighted by Gasteiger charge is 2.10. The third-order valence-electron chi connectivity index (χ3n) is 2.51. The average molecular weight is 240 g/mol. The lowest BCUT2D eigenvalue weighted by molar-refractivity contribution is 0.0995. The molecule has 0 spiro atoms. The predicted octanol–water partition coefficient (Wildman–Crippen LogP) is 2.97. The number of amides is 1. The third-order valence-corrected chi connectivity index (χ3v) is 2.51. The smallest absolute Gasteiger partial charge is 0.291 e. The van der Waals surface area contributed by atoms with E-state index < -0.39 is 0 Å². The van der Waals surface area contributed by atoms with Gasteiger partial charge in [-0.3, -0.25) is 4.79 Å². The van der Waals surface area contributed by atoms with Gasteiger partial charge in [0, 0.05) is 12.1 Å². The normalized spacial score (nSPS) is 9.78. The Balaban J connectivity index is 2.08. The molecule has 1 aromatic carbocycles. The van der Waals surface area contributed by atoms with Crippen molar-refractivity contribution in [1.29, 1.82) is 5.26 Å². The number of carbonyl (C=O) groups is 1. The van der Waals surface area contributed by atoms with E-state index in [9.17, 15) is 4.79 Å². The van der Waals surface area contributed by atoms with Crippen LogP contribution in [0.15, 0.2) is 40.8 Å². The van der Waals surface area contributed by atoms with Crippen molar-refractivity contribution >= 4 is 11.6 Å². The molecule has 0 atom stereocenters. The van der Waals surface area contributed by atoms with Gasteiger partial charge in [-0.25, -0.2) is 0 Å². The molecule has 0 bridgehead atoms. The first kappa shape index (κ1) is 11.9. The Bertz CT molecular complexity index is 591. The number of anilines is 1. The van der Waals surface area contributed by atoms with Crippen molar-refractivity contribution in [2.24, 2.45) is 0 Å². The molecule has 0 aliphatic heterocycles. The molecular formula is C14H12N2O2. The summed E-state index contributed by atoms with van der Waals surface area (Å²) in [6.07, 6.45) is 0.754. The zero-order valence-corrected chi connectivity index (χ0v) is 9.93. The van der Waals surface area contributed by atoms with E-state index in [-0.39, 0.29) is 11.7 Å². The number of aryl methyl sites for hydroxylation is 1. The van der Waals surface area contributed by atoms with Crippen molar-refractivity contribution in [2.75, 3.05) is 5.32 Å². The zero-order chi connectivity index (χ0) is 13.0. The van der Waals surface area contributed by atoms with E-state index in [2.05, 4.69) is 5.32 Å². The van der Waals surface area contributed by atoms with Crippen molar-refractivity contribution in [3.05, 3.63) is 53.5 Å². The molecular weight excluding hydrogens is 228 g/mol. The van der Waals surface area contributed by atoms with E-state index >= 15 is 0 Å². The van der Waals surface area contributed by atoms with Gasteiger partial charge in [0.25, 0.3) is 5.91 Å². The van der Waals surface area contributed by atoms with Gasteiger partial charge in [-0.2, -0.15) is 5.26 Å². The van der Waals surface area contributed by atoms with Crippen molar-refractivity contribution in [3.8, 4) is 6.07 Å². The maximum absolute atomic E-state index is 11.8. The Morgan fingerprint density at radius 1 is 1.28 bits per heavy atom. The van der Waals surface area contributed by atoms with Crippen LogP contribution in [-0.2, 0) is 6.42 Å². The number of benzene rings is 1. The average Bonchev–Trinajstić information content (AvgIpc) is 2.88. The van der Waals surface area contributed by atoms with Gasteiger partial charge in [0.2, 0.25) is 0 Å². The molecule has 0 unspecified atom stereocenters. The van der Waals surface area contributed by atoms with Crippen molar-refractivity contribution in [1.82, 2.24) is 0 Å². The first-order chi connectivity index (χ1) is 8.72. The number of nitrogens with one attached hydrogen (secondary N) is 1. The van der Waals surface area contributed by atoms with Crippen LogP contribution in [-0.4, -0.2) is 5.91 Å². The molecule has 90 valence electrons. The third kappa shape index (κ3) is 2.58. The van der Waals surface area contributed by atoms with Crippen molar-refractivity contribution < 1.29 is 9.21 Å². The fraction of sp³-hybridized carbons (Fsp3) is 0.143. The van der Waals surface area contributed by atoms with Crippen LogP contribution < -0.4 is 5.32 Å². The van der Waals surface area contributed by atoms with Gasteiger partial charge in [-0.15, -0.1) is 0 Å². The summed E-state index contributed by atoms with van der Waals surface area (Å²) in [6.45, 7) is 1.96. The minimum Gasteiger partial charge on any atom is -0.456 e. The Kier molecular flexibility index (Phi) is 3.44. The predicted molar refractivity (Wildman–Crippen MR) is 67.2 cm³/mol. The zero-order valence-electron chi connectivity index (χ0n) is 9.93. The standard InChI is InChI=1S/C14H12N2O2/c1-2-12-7-8-13(18-12)14(17)16-11-5-3-10(9-15)4-6-11/h3-8H,2H2,1H3,(H,16,17). The first-order valence-corrected chi connectivity index (χ1v) is 5.63. The summed E-state index contributed by atoms with van der Waals surface area (Å²) in [5.41, 5.74) is 1.19. The topological polar surface area (TPSA) is 66.0 Å². The lowest BCUT2D eigenvalue weighted by Crippen LogP contribution is -2.10. The summed E-state index contributed by atoms with van der Waals surface area (Å²) in [5.74, 6) is 0.774. The number of hydrogen-bond donors (Lipinski definition) is 1. The van der Waals surface area contributed by atoms with Crippen LogP contribution in [0.3, 0.4) is 0 Å². The summed E-state index contributed by atoms with van der Waals surface area (Å²) in [6, 6.07) is 12.1. The summed E-state index contributed by atoms with van der Waals surface area (Å²) in [4.78, 5) is 11.8. The van der Waals surface area contributed by atoms with Crippen LogP contribution in [0.1, 0.15) is 28.8 Å². The Hall–Kier alpha value is -2.54. The number of furan rings is 1. The molecule has 4 nitrogen and oxygen atoms in total. The lowest BCUT2D eigenvalue weighted by atomic mass is 10.2. The minimum atomic E-state index is -0.292. The molecule has 0 fully saturated rings. The van der Waals surface area contributed by atoms with E-state index in [1.165, 1.54) is 0 Å². The summed E-state index contributed by atoms with van der Waals surface area (Å²) < 4.78 is 5.35. The monoisotopic (exact) mass is 240 g/mol. The molecule has 0 aliphatic rings. The lowest BCUT2D eigenvalue weighted by Gasteiger charge is -2.02. The van der Waals surface area contributed by atoms with Gasteiger partial charge in [0.1, 0.15) is 5.76 Å². The SMILES string of the molecule is CCc1ccc(C(=O)Nc2ccc(C#N)cc2)o1. The number of rotatable bonds is 3. The minimum absolute atomic E-state index is 0.288. The largest absolute Gasteiger partial charge is 0.456 e. The van der Waals surface area contributed by atoms with Gasteiger partial charge >= 0.3 is 0 Å². The Labute approximate surface area is 105 Å². The highest BCUT2D eigenvalue weighted by atomic mass is 16.3. The fourth-order valence-corrected chi connectivity index (χ4v) is 1.51. The number of carbonyl (C=O) groups excluding carboxylic acids is 1. The van der Waals surface area contributed by atoms with Crippen LogP contribution in [0.2, 0.25) is 0 Å². The molecule has 2 rings (SSSR count). The highest BCUT2D eigenvalue weighted by Crippen LogP contribution is 2.13. The van der Waals surface area contributed by atoms with E-state index in [4.69, 9.17) is 9.68 Å². The molecule has 0 saturated heterocycles. The van der Waals surface area contributed by atoms with Crippen molar-refractivity contribution in [3.63, 3.8) is 0 Å². The molecule has 0 aliphatic carbocycles. The van der Waals surface area contributed by atoms with Crippen LogP contribution >= 0.6 is 0 Å². The summed E-state index contributed by atoms with van der Waals surface area (Å²) in [7, 11) is 0. The number of nitrogens with zero attached hydrogens (tertiary/aromatic N) is 1. The first-order valence-electron chi connectivity index (χ1n) is 5.63. The maximum Gasteiger partial charge on any atom is 0.291 e. The van der Waals surface area contributed by atoms with E-state index in [0.717, 1.165) is 12.2 Å². The fourth-order valence-electron chi connectivity index (χ4n) is 1.51. The van der Waals surface area contributed by atoms with Crippen molar-refractivity contribution in [2.45, 2.75) is 13.3 Å². The Morgan fingerprint density at radius 3 is 2.56 bits per heavy atom.